The Morgan fingerprint density at radius 3 is 2.35 bits per heavy atom. The van der Waals surface area contributed by atoms with E-state index in [1.54, 1.807) is 0 Å². The summed E-state index contributed by atoms with van der Waals surface area (Å²) in [5, 5.41) is 11.6. The molecular formula is C40H55N3O3. The van der Waals surface area contributed by atoms with E-state index in [-0.39, 0.29) is 34.9 Å². The van der Waals surface area contributed by atoms with Crippen LogP contribution in [0.4, 0.5) is 0 Å². The number of hydrogen-bond donors (Lipinski definition) is 1. The normalized spacial score (nSPS) is 39.3. The highest BCUT2D eigenvalue weighted by Crippen LogP contribution is 2.84. The fraction of sp³-hybridized carbons (Fsp3) is 0.675. The molecule has 248 valence electrons. The lowest BCUT2D eigenvalue weighted by molar-refractivity contribution is -0.197. The van der Waals surface area contributed by atoms with E-state index in [1.165, 1.54) is 24.8 Å². The van der Waals surface area contributed by atoms with Crippen LogP contribution >= 0.6 is 0 Å². The van der Waals surface area contributed by atoms with E-state index in [4.69, 9.17) is 4.74 Å². The van der Waals surface area contributed by atoms with Gasteiger partial charge in [0, 0.05) is 37.4 Å². The zero-order valence-corrected chi connectivity index (χ0v) is 28.7. The summed E-state index contributed by atoms with van der Waals surface area (Å²) >= 11 is 0. The summed E-state index contributed by atoms with van der Waals surface area (Å²) in [5.74, 6) is 2.05. The van der Waals surface area contributed by atoms with Crippen LogP contribution in [-0.4, -0.2) is 44.7 Å². The molecule has 4 aliphatic carbocycles. The molecule has 6 nitrogen and oxygen atoms in total. The Bertz CT molecular complexity index is 1390. The number of pyridine rings is 2. The summed E-state index contributed by atoms with van der Waals surface area (Å²) < 4.78 is 7.47. The van der Waals surface area contributed by atoms with Crippen molar-refractivity contribution in [1.82, 2.24) is 14.9 Å². The first-order valence-electron chi connectivity index (χ1n) is 18.3. The van der Waals surface area contributed by atoms with Crippen LogP contribution in [0.15, 0.2) is 60.4 Å². The molecule has 1 aliphatic heterocycles. The van der Waals surface area contributed by atoms with Crippen molar-refractivity contribution in [3.8, 4) is 0 Å². The van der Waals surface area contributed by atoms with Crippen molar-refractivity contribution in [2.24, 2.45) is 51.8 Å². The second-order valence-electron chi connectivity index (χ2n) is 16.2. The maximum atomic E-state index is 14.1. The Labute approximate surface area is 276 Å². The predicted molar refractivity (Wildman–Crippen MR) is 181 cm³/mol. The monoisotopic (exact) mass is 625 g/mol. The molecule has 0 radical (unpaired) electrons. The number of carboxylic acid groups (broad SMARTS) is 1. The number of aliphatic carboxylic acids is 1. The fourth-order valence-electron chi connectivity index (χ4n) is 12.1. The number of ether oxygens (including phenoxy) is 1. The van der Waals surface area contributed by atoms with Gasteiger partial charge in [-0.3, -0.25) is 19.7 Å². The fourth-order valence-corrected chi connectivity index (χ4v) is 12.1. The van der Waals surface area contributed by atoms with Gasteiger partial charge in [-0.05, 0) is 97.3 Å². The first-order chi connectivity index (χ1) is 22.2. The molecule has 1 N–H and O–H groups in total. The number of hydrogen-bond acceptors (Lipinski definition) is 5. The Hall–Kier alpha value is -2.57. The van der Waals surface area contributed by atoms with Gasteiger partial charge in [0.05, 0.1) is 23.6 Å². The van der Waals surface area contributed by atoms with Crippen molar-refractivity contribution in [3.63, 3.8) is 0 Å². The molecule has 10 atom stereocenters. The minimum Gasteiger partial charge on any atom is -0.481 e. The van der Waals surface area contributed by atoms with Gasteiger partial charge in [0.2, 0.25) is 0 Å². The molecule has 4 fully saturated rings. The van der Waals surface area contributed by atoms with Gasteiger partial charge in [0.15, 0.2) is 0 Å². The lowest BCUT2D eigenvalue weighted by Crippen LogP contribution is -2.64. The number of aromatic nitrogens is 2. The minimum absolute atomic E-state index is 0.0462. The highest BCUT2D eigenvalue weighted by Gasteiger charge is 2.84. The van der Waals surface area contributed by atoms with Gasteiger partial charge in [0.1, 0.15) is 5.41 Å². The molecule has 4 bridgehead atoms. The lowest BCUT2D eigenvalue weighted by Gasteiger charge is -2.61. The molecule has 6 heteroatoms. The molecule has 3 heterocycles. The third-order valence-corrected chi connectivity index (χ3v) is 13.7. The molecule has 1 saturated heterocycles. The molecule has 2 aromatic heterocycles. The van der Waals surface area contributed by atoms with Gasteiger partial charge in [-0.15, -0.1) is 0 Å². The van der Waals surface area contributed by atoms with Crippen molar-refractivity contribution in [2.75, 3.05) is 6.54 Å². The topological polar surface area (TPSA) is 75.6 Å². The number of carbonyl (C=O) groups is 1. The Morgan fingerprint density at radius 1 is 1.07 bits per heavy atom. The van der Waals surface area contributed by atoms with Gasteiger partial charge < -0.3 is 9.84 Å². The Kier molecular flexibility index (Phi) is 8.45. The highest BCUT2D eigenvalue weighted by molar-refractivity contribution is 5.85. The number of carboxylic acids is 1. The SMILES string of the molecule is CCCCC1CC(C23C[C@@H]4[C@H](C)CC[C@H]4C4(C)CC2C=C(C(C)C)C34C(=O)O)OC1CN(Cc1ccccn1)Cc1ccccn1. The molecular weight excluding hydrogens is 570 g/mol. The number of rotatable bonds is 12. The Balaban J connectivity index is 1.26. The first-order valence-corrected chi connectivity index (χ1v) is 18.3. The number of unbranched alkanes of at least 4 members (excludes halogenated alkanes) is 1. The van der Waals surface area contributed by atoms with Crippen LogP contribution in [0.25, 0.3) is 0 Å². The van der Waals surface area contributed by atoms with Crippen LogP contribution in [-0.2, 0) is 22.6 Å². The van der Waals surface area contributed by atoms with Crippen molar-refractivity contribution >= 4 is 5.97 Å². The standard InChI is InChI=1S/C40H55N3O3/c1-6-7-12-28-19-36(46-35(28)25-43(23-30-13-8-10-17-41-30)24-31-14-9-11-18-42-31)39-22-32-27(4)15-16-33(32)38(5)21-29(39)20-34(26(2)3)40(38,39)37(44)45/h8-11,13-14,17-18,20,26-29,32-33,35-36H,6-7,12,15-16,19,21-25H2,1-5H3,(H,44,45)/t27-,28?,29?,32-,33-,35?,36?,38?,39?,40?/m1/s1. The van der Waals surface area contributed by atoms with Gasteiger partial charge in [-0.25, -0.2) is 0 Å². The smallest absolute Gasteiger partial charge is 0.315 e. The molecule has 2 aromatic rings. The quantitative estimate of drug-likeness (QED) is 0.240. The van der Waals surface area contributed by atoms with E-state index >= 15 is 0 Å². The van der Waals surface area contributed by atoms with Gasteiger partial charge in [0.25, 0.3) is 0 Å². The van der Waals surface area contributed by atoms with Crippen molar-refractivity contribution in [2.45, 2.75) is 111 Å². The maximum Gasteiger partial charge on any atom is 0.315 e. The van der Waals surface area contributed by atoms with Crippen molar-refractivity contribution < 1.29 is 14.6 Å². The second kappa shape index (κ2) is 12.1. The zero-order valence-electron chi connectivity index (χ0n) is 28.7. The van der Waals surface area contributed by atoms with E-state index in [0.29, 0.717) is 23.7 Å². The lowest BCUT2D eigenvalue weighted by atomic mass is 9.41. The average molecular weight is 626 g/mol. The van der Waals surface area contributed by atoms with Crippen LogP contribution in [0.1, 0.15) is 97.4 Å². The summed E-state index contributed by atoms with van der Waals surface area (Å²) in [6.07, 6.45) is 15.0. The summed E-state index contributed by atoms with van der Waals surface area (Å²) in [6.45, 7) is 13.8. The van der Waals surface area contributed by atoms with Crippen LogP contribution in [0, 0.1) is 51.8 Å². The highest BCUT2D eigenvalue weighted by atomic mass is 16.5. The van der Waals surface area contributed by atoms with Gasteiger partial charge in [-0.1, -0.05) is 77.7 Å². The summed E-state index contributed by atoms with van der Waals surface area (Å²) in [4.78, 5) is 26.0. The molecule has 7 unspecified atom stereocenters. The number of allylic oxidation sites excluding steroid dienone is 1. The van der Waals surface area contributed by atoms with E-state index < -0.39 is 11.4 Å². The number of fused-ring (bicyclic) bond motifs is 2. The van der Waals surface area contributed by atoms with E-state index in [1.807, 2.05) is 24.5 Å². The van der Waals surface area contributed by atoms with E-state index in [2.05, 4.69) is 79.8 Å². The van der Waals surface area contributed by atoms with Gasteiger partial charge in [-0.2, -0.15) is 0 Å². The summed E-state index contributed by atoms with van der Waals surface area (Å²) in [6, 6.07) is 12.3. The second-order valence-corrected chi connectivity index (χ2v) is 16.2. The van der Waals surface area contributed by atoms with Crippen LogP contribution in [0.5, 0.6) is 0 Å². The minimum atomic E-state index is -0.847. The number of nitrogens with zero attached hydrogens (tertiary/aromatic N) is 3. The first kappa shape index (κ1) is 32.0. The summed E-state index contributed by atoms with van der Waals surface area (Å²) in [5.41, 5.74) is 1.85. The van der Waals surface area contributed by atoms with E-state index in [9.17, 15) is 9.90 Å². The van der Waals surface area contributed by atoms with E-state index in [0.717, 1.165) is 63.1 Å². The molecule has 0 aromatic carbocycles. The van der Waals surface area contributed by atoms with Crippen molar-refractivity contribution in [3.05, 3.63) is 71.8 Å². The molecule has 46 heavy (non-hydrogen) atoms. The Morgan fingerprint density at radius 2 is 1.76 bits per heavy atom. The molecule has 0 amide bonds. The molecule has 3 saturated carbocycles. The third kappa shape index (κ3) is 4.67. The molecule has 7 rings (SSSR count). The van der Waals surface area contributed by atoms with Crippen molar-refractivity contribution in [1.29, 1.82) is 0 Å². The average Bonchev–Trinajstić information content (AvgIpc) is 3.74. The zero-order chi connectivity index (χ0) is 32.3. The predicted octanol–water partition coefficient (Wildman–Crippen LogP) is 8.19. The molecule has 5 aliphatic rings. The van der Waals surface area contributed by atoms with Crippen LogP contribution in [0.2, 0.25) is 0 Å². The van der Waals surface area contributed by atoms with Crippen LogP contribution in [0.3, 0.4) is 0 Å². The molecule has 0 spiro atoms. The largest absolute Gasteiger partial charge is 0.481 e. The summed E-state index contributed by atoms with van der Waals surface area (Å²) in [7, 11) is 0. The maximum absolute atomic E-state index is 14.1. The van der Waals surface area contributed by atoms with Crippen LogP contribution < -0.4 is 0 Å². The van der Waals surface area contributed by atoms with Gasteiger partial charge >= 0.3 is 5.97 Å². The third-order valence-electron chi connectivity index (χ3n) is 13.7.